The first-order valence-electron chi connectivity index (χ1n) is 9.79. The molecule has 1 aliphatic rings. The minimum Gasteiger partial charge on any atom is -0.383 e. The monoisotopic (exact) mass is 365 g/mol. The van der Waals surface area contributed by atoms with Crippen LogP contribution in [0.2, 0.25) is 0 Å². The van der Waals surface area contributed by atoms with Gasteiger partial charge in [0.2, 0.25) is 0 Å². The number of methoxy groups -OCH3 is 1. The van der Waals surface area contributed by atoms with E-state index < -0.39 is 0 Å². The summed E-state index contributed by atoms with van der Waals surface area (Å²) in [5, 5.41) is 15.0. The van der Waals surface area contributed by atoms with Gasteiger partial charge in [-0.3, -0.25) is 0 Å². The van der Waals surface area contributed by atoms with Crippen LogP contribution in [0.4, 0.5) is 0 Å². The van der Waals surface area contributed by atoms with Gasteiger partial charge in [0.25, 0.3) is 0 Å². The second kappa shape index (κ2) is 11.9. The van der Waals surface area contributed by atoms with Crippen molar-refractivity contribution in [3.63, 3.8) is 0 Å². The molecular formula is C18H35N7O. The first kappa shape index (κ1) is 20.6. The third kappa shape index (κ3) is 7.29. The fourth-order valence-corrected chi connectivity index (χ4v) is 3.05. The van der Waals surface area contributed by atoms with Gasteiger partial charge in [-0.15, -0.1) is 10.2 Å². The average molecular weight is 366 g/mol. The van der Waals surface area contributed by atoms with Gasteiger partial charge in [-0.2, -0.15) is 0 Å². The van der Waals surface area contributed by atoms with Crippen LogP contribution in [0.5, 0.6) is 0 Å². The predicted molar refractivity (Wildman–Crippen MR) is 104 cm³/mol. The van der Waals surface area contributed by atoms with Gasteiger partial charge < -0.3 is 24.8 Å². The molecule has 8 nitrogen and oxygen atoms in total. The Kier molecular flexibility index (Phi) is 9.41. The van der Waals surface area contributed by atoms with Crippen LogP contribution in [-0.2, 0) is 18.3 Å². The SMILES string of the molecule is COCCNC(=NCc1nnc(C)n1C)NCCCN1CCCCCC1. The molecule has 0 aromatic carbocycles. The molecule has 1 saturated heterocycles. The first-order chi connectivity index (χ1) is 12.7. The molecule has 2 N–H and O–H groups in total. The number of aryl methyl sites for hydroxylation is 1. The van der Waals surface area contributed by atoms with E-state index in [-0.39, 0.29) is 0 Å². The topological polar surface area (TPSA) is 79.6 Å². The Labute approximate surface area is 157 Å². The molecule has 0 atom stereocenters. The highest BCUT2D eigenvalue weighted by Gasteiger charge is 2.09. The van der Waals surface area contributed by atoms with Crippen molar-refractivity contribution in [3.05, 3.63) is 11.6 Å². The number of nitrogens with one attached hydrogen (secondary N) is 2. The Morgan fingerprint density at radius 2 is 1.85 bits per heavy atom. The van der Waals surface area contributed by atoms with Gasteiger partial charge in [0.15, 0.2) is 11.8 Å². The highest BCUT2D eigenvalue weighted by atomic mass is 16.5. The maximum atomic E-state index is 5.12. The van der Waals surface area contributed by atoms with Gasteiger partial charge >= 0.3 is 0 Å². The number of likely N-dealkylation sites (tertiary alicyclic amines) is 1. The largest absolute Gasteiger partial charge is 0.383 e. The van der Waals surface area contributed by atoms with Crippen molar-refractivity contribution < 1.29 is 4.74 Å². The van der Waals surface area contributed by atoms with Crippen LogP contribution in [-0.4, -0.2) is 72.1 Å². The molecule has 1 aliphatic heterocycles. The predicted octanol–water partition coefficient (Wildman–Crippen LogP) is 1.07. The van der Waals surface area contributed by atoms with Crippen molar-refractivity contribution in [3.8, 4) is 0 Å². The van der Waals surface area contributed by atoms with Gasteiger partial charge in [-0.05, 0) is 45.8 Å². The van der Waals surface area contributed by atoms with E-state index in [1.807, 2.05) is 18.5 Å². The van der Waals surface area contributed by atoms with E-state index in [0.717, 1.165) is 43.7 Å². The van der Waals surface area contributed by atoms with E-state index in [1.165, 1.54) is 38.8 Å². The Morgan fingerprint density at radius 3 is 2.50 bits per heavy atom. The Balaban J connectivity index is 1.77. The molecule has 0 aliphatic carbocycles. The van der Waals surface area contributed by atoms with Crippen molar-refractivity contribution in [2.75, 3.05) is 46.4 Å². The molecule has 0 spiro atoms. The Morgan fingerprint density at radius 1 is 1.12 bits per heavy atom. The number of hydrogen-bond donors (Lipinski definition) is 2. The summed E-state index contributed by atoms with van der Waals surface area (Å²) in [6.45, 7) is 8.39. The van der Waals surface area contributed by atoms with E-state index in [9.17, 15) is 0 Å². The number of aromatic nitrogens is 3. The quantitative estimate of drug-likeness (QED) is 0.387. The molecule has 1 fully saturated rings. The maximum Gasteiger partial charge on any atom is 0.191 e. The fraction of sp³-hybridized carbons (Fsp3) is 0.833. The molecule has 148 valence electrons. The van der Waals surface area contributed by atoms with E-state index in [2.05, 4.69) is 30.7 Å². The first-order valence-corrected chi connectivity index (χ1v) is 9.79. The Hall–Kier alpha value is -1.67. The summed E-state index contributed by atoms with van der Waals surface area (Å²) < 4.78 is 7.08. The molecule has 2 rings (SSSR count). The van der Waals surface area contributed by atoms with Crippen molar-refractivity contribution in [1.29, 1.82) is 0 Å². The average Bonchev–Trinajstić information content (AvgIpc) is 2.83. The van der Waals surface area contributed by atoms with E-state index in [4.69, 9.17) is 4.74 Å². The molecule has 2 heterocycles. The van der Waals surface area contributed by atoms with Crippen molar-refractivity contribution >= 4 is 5.96 Å². The minimum absolute atomic E-state index is 0.506. The lowest BCUT2D eigenvalue weighted by atomic mass is 10.2. The van der Waals surface area contributed by atoms with Crippen molar-refractivity contribution in [2.24, 2.45) is 12.0 Å². The summed E-state index contributed by atoms with van der Waals surface area (Å²) in [6.07, 6.45) is 6.58. The third-order valence-electron chi connectivity index (χ3n) is 4.80. The second-order valence-corrected chi connectivity index (χ2v) is 6.84. The summed E-state index contributed by atoms with van der Waals surface area (Å²) in [6, 6.07) is 0. The summed E-state index contributed by atoms with van der Waals surface area (Å²) in [7, 11) is 3.67. The fourth-order valence-electron chi connectivity index (χ4n) is 3.05. The lowest BCUT2D eigenvalue weighted by molar-refractivity contribution is 0.203. The number of guanidine groups is 1. The molecule has 1 aromatic rings. The highest BCUT2D eigenvalue weighted by molar-refractivity contribution is 5.79. The van der Waals surface area contributed by atoms with E-state index >= 15 is 0 Å². The zero-order valence-corrected chi connectivity index (χ0v) is 16.6. The molecule has 1 aromatic heterocycles. The minimum atomic E-state index is 0.506. The number of aliphatic imine (C=N–C) groups is 1. The number of rotatable bonds is 9. The maximum absolute atomic E-state index is 5.12. The lowest BCUT2D eigenvalue weighted by Gasteiger charge is -2.20. The number of hydrogen-bond acceptors (Lipinski definition) is 5. The second-order valence-electron chi connectivity index (χ2n) is 6.84. The van der Waals surface area contributed by atoms with Crippen LogP contribution in [0.15, 0.2) is 4.99 Å². The van der Waals surface area contributed by atoms with Crippen LogP contribution < -0.4 is 10.6 Å². The molecule has 26 heavy (non-hydrogen) atoms. The number of nitrogens with zero attached hydrogens (tertiary/aromatic N) is 5. The molecule has 0 amide bonds. The van der Waals surface area contributed by atoms with E-state index in [0.29, 0.717) is 13.2 Å². The summed E-state index contributed by atoms with van der Waals surface area (Å²) in [4.78, 5) is 7.23. The molecule has 0 unspecified atom stereocenters. The van der Waals surface area contributed by atoms with E-state index in [1.54, 1.807) is 7.11 Å². The van der Waals surface area contributed by atoms with Crippen molar-refractivity contribution in [1.82, 2.24) is 30.3 Å². The van der Waals surface area contributed by atoms with Crippen LogP contribution >= 0.6 is 0 Å². The smallest absolute Gasteiger partial charge is 0.191 e. The molecule has 0 bridgehead atoms. The third-order valence-corrected chi connectivity index (χ3v) is 4.80. The molecule has 0 radical (unpaired) electrons. The highest BCUT2D eigenvalue weighted by Crippen LogP contribution is 2.09. The van der Waals surface area contributed by atoms with Gasteiger partial charge in [0.1, 0.15) is 12.4 Å². The zero-order chi connectivity index (χ0) is 18.6. The lowest BCUT2D eigenvalue weighted by Crippen LogP contribution is -2.40. The molecule has 0 saturated carbocycles. The summed E-state index contributed by atoms with van der Waals surface area (Å²) >= 11 is 0. The van der Waals surface area contributed by atoms with Crippen LogP contribution in [0.3, 0.4) is 0 Å². The van der Waals surface area contributed by atoms with Gasteiger partial charge in [0.05, 0.1) is 6.61 Å². The Bertz CT molecular complexity index is 536. The number of ether oxygens (including phenoxy) is 1. The van der Waals surface area contributed by atoms with Crippen LogP contribution in [0.1, 0.15) is 43.8 Å². The molecular weight excluding hydrogens is 330 g/mol. The van der Waals surface area contributed by atoms with Crippen molar-refractivity contribution in [2.45, 2.75) is 45.6 Å². The van der Waals surface area contributed by atoms with Crippen LogP contribution in [0.25, 0.3) is 0 Å². The van der Waals surface area contributed by atoms with Gasteiger partial charge in [-0.1, -0.05) is 12.8 Å². The summed E-state index contributed by atoms with van der Waals surface area (Å²) in [5.41, 5.74) is 0. The van der Waals surface area contributed by atoms with Gasteiger partial charge in [0, 0.05) is 27.2 Å². The standard InChI is InChI=1S/C18H35N7O/c1-16-22-23-17(24(16)2)15-21-18(20-10-14-26-3)19-9-8-13-25-11-6-4-5-7-12-25/h4-15H2,1-3H3,(H2,19,20,21). The zero-order valence-electron chi connectivity index (χ0n) is 16.6. The molecule has 8 heteroatoms. The normalized spacial score (nSPS) is 16.5. The van der Waals surface area contributed by atoms with Crippen LogP contribution in [0, 0.1) is 6.92 Å². The van der Waals surface area contributed by atoms with Gasteiger partial charge in [-0.25, -0.2) is 4.99 Å². The summed E-state index contributed by atoms with van der Waals surface area (Å²) in [5.74, 6) is 2.56.